The van der Waals surface area contributed by atoms with Crippen molar-refractivity contribution in [1.29, 1.82) is 0 Å². The van der Waals surface area contributed by atoms with Crippen molar-refractivity contribution in [3.8, 4) is 11.1 Å². The second-order valence-electron chi connectivity index (χ2n) is 9.64. The number of benzene rings is 2. The molecule has 1 fully saturated rings. The number of alkyl halides is 6. The highest BCUT2D eigenvalue weighted by molar-refractivity contribution is 5.94. The molecule has 1 aliphatic rings. The molecule has 0 radical (unpaired) electrons. The van der Waals surface area contributed by atoms with Gasteiger partial charge in [0.05, 0.1) is 11.1 Å². The molecule has 0 atom stereocenters. The Balaban J connectivity index is 1.58. The minimum Gasteiger partial charge on any atom is -0.329 e. The van der Waals surface area contributed by atoms with Crippen molar-refractivity contribution in [3.05, 3.63) is 71.5 Å². The van der Waals surface area contributed by atoms with Crippen LogP contribution in [0.2, 0.25) is 0 Å². The largest absolute Gasteiger partial charge is 0.416 e. The van der Waals surface area contributed by atoms with E-state index in [0.29, 0.717) is 17.8 Å². The van der Waals surface area contributed by atoms with E-state index in [2.05, 4.69) is 38.9 Å². The average Bonchev–Trinajstić information content (AvgIpc) is 3.27. The number of hydrogen-bond donors (Lipinski definition) is 1. The lowest BCUT2D eigenvalue weighted by molar-refractivity contribution is -0.143. The molecule has 1 saturated carbocycles. The highest BCUT2D eigenvalue weighted by Crippen LogP contribution is 2.39. The first-order chi connectivity index (χ1) is 18.0. The van der Waals surface area contributed by atoms with Crippen LogP contribution >= 0.6 is 0 Å². The molecule has 0 bridgehead atoms. The van der Waals surface area contributed by atoms with Crippen LogP contribution in [-0.4, -0.2) is 14.5 Å². The van der Waals surface area contributed by atoms with E-state index < -0.39 is 29.2 Å². The van der Waals surface area contributed by atoms with E-state index in [1.807, 2.05) is 18.3 Å². The summed E-state index contributed by atoms with van der Waals surface area (Å²) in [6.07, 6.45) is -0.135. The second kappa shape index (κ2) is 9.96. The van der Waals surface area contributed by atoms with Crippen molar-refractivity contribution in [2.75, 3.05) is 5.32 Å². The molecular weight excluding hydrogens is 506 g/mol. The predicted octanol–water partition coefficient (Wildman–Crippen LogP) is 8.95. The zero-order valence-electron chi connectivity index (χ0n) is 20.6. The maximum Gasteiger partial charge on any atom is 0.416 e. The molecule has 1 N–H and O–H groups in total. The fourth-order valence-electron chi connectivity index (χ4n) is 5.03. The van der Waals surface area contributed by atoms with Gasteiger partial charge in [-0.05, 0) is 48.6 Å². The van der Waals surface area contributed by atoms with Crippen molar-refractivity contribution in [1.82, 2.24) is 14.5 Å². The molecule has 5 rings (SSSR count). The maximum absolute atomic E-state index is 13.3. The summed E-state index contributed by atoms with van der Waals surface area (Å²) in [5, 5.41) is 3.35. The van der Waals surface area contributed by atoms with Gasteiger partial charge < -0.3 is 9.88 Å². The van der Waals surface area contributed by atoms with Crippen LogP contribution in [0, 0.1) is 0 Å². The van der Waals surface area contributed by atoms with Gasteiger partial charge in [-0.3, -0.25) is 0 Å². The number of anilines is 2. The summed E-state index contributed by atoms with van der Waals surface area (Å²) in [6.45, 7) is 2.08. The Bertz CT molecular complexity index is 1400. The fourth-order valence-corrected chi connectivity index (χ4v) is 5.03. The third kappa shape index (κ3) is 5.35. The number of halogens is 6. The fraction of sp³-hybridized carbons (Fsp3) is 0.357. The number of hydrogen-bond acceptors (Lipinski definition) is 3. The van der Waals surface area contributed by atoms with Gasteiger partial charge in [0.25, 0.3) is 0 Å². The number of rotatable bonds is 5. The molecule has 0 saturated heterocycles. The number of aryl methyl sites for hydroxylation is 1. The van der Waals surface area contributed by atoms with Crippen molar-refractivity contribution in [2.45, 2.75) is 63.8 Å². The van der Waals surface area contributed by atoms with Crippen molar-refractivity contribution in [2.24, 2.45) is 0 Å². The van der Waals surface area contributed by atoms with Crippen molar-refractivity contribution in [3.63, 3.8) is 0 Å². The Morgan fingerprint density at radius 2 is 1.53 bits per heavy atom. The van der Waals surface area contributed by atoms with Crippen LogP contribution in [0.5, 0.6) is 0 Å². The van der Waals surface area contributed by atoms with Crippen molar-refractivity contribution >= 4 is 22.7 Å². The van der Waals surface area contributed by atoms with Crippen LogP contribution in [0.25, 0.3) is 22.2 Å². The summed E-state index contributed by atoms with van der Waals surface area (Å²) in [4.78, 5) is 8.85. The maximum atomic E-state index is 13.3. The Morgan fingerprint density at radius 3 is 2.11 bits per heavy atom. The molecule has 2 heterocycles. The van der Waals surface area contributed by atoms with Gasteiger partial charge in [-0.2, -0.15) is 31.3 Å². The lowest BCUT2D eigenvalue weighted by atomic mass is 9.95. The summed E-state index contributed by atoms with van der Waals surface area (Å²) < 4.78 is 82.0. The highest BCUT2D eigenvalue weighted by Gasteiger charge is 2.37. The smallest absolute Gasteiger partial charge is 0.329 e. The molecule has 0 amide bonds. The van der Waals surface area contributed by atoms with Gasteiger partial charge in [-0.1, -0.05) is 50.5 Å². The third-order valence-electron chi connectivity index (χ3n) is 7.06. The molecule has 0 unspecified atom stereocenters. The van der Waals surface area contributed by atoms with Crippen LogP contribution in [0.3, 0.4) is 0 Å². The molecule has 38 heavy (non-hydrogen) atoms. The summed E-state index contributed by atoms with van der Waals surface area (Å²) in [7, 11) is 0. The molecule has 4 nitrogen and oxygen atoms in total. The first-order valence-corrected chi connectivity index (χ1v) is 12.6. The van der Waals surface area contributed by atoms with E-state index in [-0.39, 0.29) is 18.1 Å². The van der Waals surface area contributed by atoms with Gasteiger partial charge in [0, 0.05) is 35.1 Å². The number of nitrogens with one attached hydrogen (secondary N) is 1. The molecule has 200 valence electrons. The summed E-state index contributed by atoms with van der Waals surface area (Å²) in [6, 6.07) is 9.73. The number of nitrogens with zero attached hydrogens (tertiary/aromatic N) is 3. The minimum atomic E-state index is -4.94. The van der Waals surface area contributed by atoms with Gasteiger partial charge in [-0.15, -0.1) is 0 Å². The van der Waals surface area contributed by atoms with Crippen LogP contribution in [0.4, 0.5) is 38.0 Å². The van der Waals surface area contributed by atoms with Crippen LogP contribution in [0.1, 0.15) is 61.8 Å². The molecule has 1 aliphatic carbocycles. The third-order valence-corrected chi connectivity index (χ3v) is 7.06. The highest BCUT2D eigenvalue weighted by atomic mass is 19.4. The van der Waals surface area contributed by atoms with Gasteiger partial charge >= 0.3 is 12.4 Å². The molecule has 2 aromatic carbocycles. The Kier molecular flexibility index (Phi) is 6.83. The van der Waals surface area contributed by atoms with E-state index in [1.165, 1.54) is 5.56 Å². The zero-order valence-corrected chi connectivity index (χ0v) is 20.6. The average molecular weight is 533 g/mol. The first kappa shape index (κ1) is 26.1. The molecule has 4 aromatic rings. The van der Waals surface area contributed by atoms with E-state index in [1.54, 1.807) is 6.20 Å². The van der Waals surface area contributed by atoms with Crippen LogP contribution < -0.4 is 5.32 Å². The van der Waals surface area contributed by atoms with Gasteiger partial charge in [0.2, 0.25) is 5.95 Å². The molecule has 0 spiro atoms. The van der Waals surface area contributed by atoms with E-state index in [9.17, 15) is 26.3 Å². The summed E-state index contributed by atoms with van der Waals surface area (Å²) in [5.41, 5.74) is 0.506. The summed E-state index contributed by atoms with van der Waals surface area (Å²) in [5.74, 6) is -0.0759. The van der Waals surface area contributed by atoms with E-state index in [0.717, 1.165) is 55.0 Å². The normalized spacial score (nSPS) is 15.2. The molecule has 0 aliphatic heterocycles. The van der Waals surface area contributed by atoms with Crippen molar-refractivity contribution < 1.29 is 26.3 Å². The topological polar surface area (TPSA) is 42.7 Å². The quantitative estimate of drug-likeness (QED) is 0.261. The standard InChI is InChI=1S/C28H26F6N4/c1-2-17-8-10-18(11-9-17)24-16-38(22-6-4-3-5-7-22)25-23(24)15-35-26(37-25)36-21-13-19(27(29,30)31)12-20(14-21)28(32,33)34/h8-16,22H,2-7H2,1H3,(H,35,36,37). The van der Waals surface area contributed by atoms with Crippen LogP contribution in [-0.2, 0) is 18.8 Å². The SMILES string of the molecule is CCc1ccc(-c2cn(C3CCCCC3)c3nc(Nc4cc(C(F)(F)F)cc(C(F)(F)F)c4)ncc23)cc1. The second-order valence-corrected chi connectivity index (χ2v) is 9.64. The van der Waals surface area contributed by atoms with Gasteiger partial charge in [0.15, 0.2) is 0 Å². The zero-order chi connectivity index (χ0) is 27.1. The number of fused-ring (bicyclic) bond motifs is 1. The molecule has 2 aromatic heterocycles. The Hall–Kier alpha value is -3.56. The first-order valence-electron chi connectivity index (χ1n) is 12.6. The minimum absolute atomic E-state index is 0.0759. The van der Waals surface area contributed by atoms with E-state index >= 15 is 0 Å². The van der Waals surface area contributed by atoms with Gasteiger partial charge in [0.1, 0.15) is 5.65 Å². The monoisotopic (exact) mass is 532 g/mol. The lowest BCUT2D eigenvalue weighted by Crippen LogP contribution is -2.13. The lowest BCUT2D eigenvalue weighted by Gasteiger charge is -2.23. The Morgan fingerprint density at radius 1 is 0.895 bits per heavy atom. The Labute approximate surface area is 215 Å². The van der Waals surface area contributed by atoms with E-state index in [4.69, 9.17) is 0 Å². The molecule has 10 heteroatoms. The van der Waals surface area contributed by atoms with Crippen LogP contribution in [0.15, 0.2) is 54.9 Å². The molecular formula is C28H26F6N4. The van der Waals surface area contributed by atoms with Gasteiger partial charge in [-0.25, -0.2) is 4.98 Å². The summed E-state index contributed by atoms with van der Waals surface area (Å²) >= 11 is 0. The predicted molar refractivity (Wildman–Crippen MR) is 134 cm³/mol. The number of aromatic nitrogens is 3.